The van der Waals surface area contributed by atoms with Gasteiger partial charge in [0.15, 0.2) is 0 Å². The maximum Gasteiger partial charge on any atom is 0.255 e. The number of aromatic nitrogens is 2. The third-order valence-corrected chi connectivity index (χ3v) is 4.59. The van der Waals surface area contributed by atoms with Crippen LogP contribution >= 0.6 is 0 Å². The van der Waals surface area contributed by atoms with Crippen LogP contribution in [0.1, 0.15) is 12.8 Å². The van der Waals surface area contributed by atoms with Gasteiger partial charge in [0.05, 0.1) is 19.3 Å². The highest BCUT2D eigenvalue weighted by Crippen LogP contribution is 2.27. The zero-order valence-electron chi connectivity index (χ0n) is 15.6. The zero-order valence-corrected chi connectivity index (χ0v) is 15.6. The van der Waals surface area contributed by atoms with Crippen molar-refractivity contribution in [3.63, 3.8) is 0 Å². The number of anilines is 3. The number of ether oxygens (including phenoxy) is 1. The molecule has 2 aromatic rings. The Bertz CT molecular complexity index is 797. The standard InChI is InChI=1S/C19H23F2N5O2/c1-28-15-5-3-2-4-14(15)24-17-6-9-22-19(25-17)26-10-7-13(8-11-26)18(27)23-12-16(20)21/h2-6,9,13,16H,7-8,10-12H2,1H3,(H,23,27)(H,22,24,25). The summed E-state index contributed by atoms with van der Waals surface area (Å²) in [5, 5.41) is 5.51. The zero-order chi connectivity index (χ0) is 19.9. The van der Waals surface area contributed by atoms with Gasteiger partial charge in [-0.15, -0.1) is 0 Å². The number of hydrogen-bond acceptors (Lipinski definition) is 6. The summed E-state index contributed by atoms with van der Waals surface area (Å²) in [6.45, 7) is 0.578. The van der Waals surface area contributed by atoms with E-state index >= 15 is 0 Å². The molecule has 0 spiro atoms. The number of carbonyl (C=O) groups excluding carboxylic acids is 1. The Balaban J connectivity index is 1.60. The van der Waals surface area contributed by atoms with Crippen molar-refractivity contribution in [2.45, 2.75) is 19.3 Å². The second kappa shape index (κ2) is 9.29. The first kappa shape index (κ1) is 19.8. The highest BCUT2D eigenvalue weighted by Gasteiger charge is 2.26. The lowest BCUT2D eigenvalue weighted by Crippen LogP contribution is -2.42. The van der Waals surface area contributed by atoms with E-state index in [9.17, 15) is 13.6 Å². The van der Waals surface area contributed by atoms with Crippen LogP contribution in [0.2, 0.25) is 0 Å². The number of amides is 1. The number of rotatable bonds is 7. The molecule has 3 rings (SSSR count). The van der Waals surface area contributed by atoms with Crippen LogP contribution in [0.25, 0.3) is 0 Å². The van der Waals surface area contributed by atoms with Gasteiger partial charge in [-0.2, -0.15) is 4.98 Å². The summed E-state index contributed by atoms with van der Waals surface area (Å²) in [4.78, 5) is 22.8. The molecule has 1 amide bonds. The minimum absolute atomic E-state index is 0.259. The van der Waals surface area contributed by atoms with Gasteiger partial charge < -0.3 is 20.3 Å². The first-order valence-corrected chi connectivity index (χ1v) is 9.10. The molecule has 1 aromatic heterocycles. The summed E-state index contributed by atoms with van der Waals surface area (Å²) < 4.78 is 29.8. The second-order valence-corrected chi connectivity index (χ2v) is 6.46. The van der Waals surface area contributed by atoms with Crippen LogP contribution in [-0.4, -0.2) is 49.0 Å². The number of alkyl halides is 2. The maximum atomic E-state index is 12.2. The molecule has 0 atom stereocenters. The Labute approximate surface area is 162 Å². The number of carbonyl (C=O) groups is 1. The van der Waals surface area contributed by atoms with Crippen molar-refractivity contribution in [1.82, 2.24) is 15.3 Å². The molecule has 1 saturated heterocycles. The normalized spacial score (nSPS) is 14.8. The number of nitrogens with zero attached hydrogens (tertiary/aromatic N) is 3. The lowest BCUT2D eigenvalue weighted by molar-refractivity contribution is -0.126. The number of hydrogen-bond donors (Lipinski definition) is 2. The van der Waals surface area contributed by atoms with Crippen molar-refractivity contribution in [2.24, 2.45) is 5.92 Å². The van der Waals surface area contributed by atoms with E-state index in [0.29, 0.717) is 43.4 Å². The van der Waals surface area contributed by atoms with E-state index in [1.165, 1.54) is 0 Å². The Morgan fingerprint density at radius 3 is 2.75 bits per heavy atom. The van der Waals surface area contributed by atoms with Crippen molar-refractivity contribution in [3.05, 3.63) is 36.5 Å². The average molecular weight is 391 g/mol. The first-order valence-electron chi connectivity index (χ1n) is 9.10. The van der Waals surface area contributed by atoms with Gasteiger partial charge in [0, 0.05) is 25.2 Å². The molecule has 0 radical (unpaired) electrons. The Hall–Kier alpha value is -2.97. The molecule has 0 saturated carbocycles. The lowest BCUT2D eigenvalue weighted by Gasteiger charge is -2.31. The van der Waals surface area contributed by atoms with Gasteiger partial charge in [-0.3, -0.25) is 4.79 Å². The van der Waals surface area contributed by atoms with Crippen molar-refractivity contribution in [2.75, 3.05) is 37.0 Å². The van der Waals surface area contributed by atoms with Crippen LogP contribution in [0.15, 0.2) is 36.5 Å². The third kappa shape index (κ3) is 5.05. The maximum absolute atomic E-state index is 12.2. The minimum atomic E-state index is -2.53. The van der Waals surface area contributed by atoms with Crippen molar-refractivity contribution in [1.29, 1.82) is 0 Å². The summed E-state index contributed by atoms with van der Waals surface area (Å²) in [5.74, 6) is 1.33. The average Bonchev–Trinajstić information content (AvgIpc) is 2.72. The molecule has 2 N–H and O–H groups in total. The third-order valence-electron chi connectivity index (χ3n) is 4.59. The van der Waals surface area contributed by atoms with Gasteiger partial charge >= 0.3 is 0 Å². The summed E-state index contributed by atoms with van der Waals surface area (Å²) in [6.07, 6.45) is 0.281. The van der Waals surface area contributed by atoms with Gasteiger partial charge in [0.2, 0.25) is 11.9 Å². The van der Waals surface area contributed by atoms with E-state index in [0.717, 1.165) is 5.69 Å². The lowest BCUT2D eigenvalue weighted by atomic mass is 9.96. The van der Waals surface area contributed by atoms with Gasteiger partial charge in [-0.1, -0.05) is 12.1 Å². The second-order valence-electron chi connectivity index (χ2n) is 6.46. The smallest absolute Gasteiger partial charge is 0.255 e. The number of halogens is 2. The first-order chi connectivity index (χ1) is 13.6. The number of para-hydroxylation sites is 2. The van der Waals surface area contributed by atoms with E-state index in [1.807, 2.05) is 29.2 Å². The van der Waals surface area contributed by atoms with E-state index in [-0.39, 0.29) is 11.8 Å². The van der Waals surface area contributed by atoms with Gasteiger partial charge in [0.1, 0.15) is 11.6 Å². The van der Waals surface area contributed by atoms with Crippen molar-refractivity contribution in [3.8, 4) is 5.75 Å². The summed E-state index contributed by atoms with van der Waals surface area (Å²) in [6, 6.07) is 9.30. The number of piperidine rings is 1. The Morgan fingerprint density at radius 2 is 2.04 bits per heavy atom. The number of methoxy groups -OCH3 is 1. The SMILES string of the molecule is COc1ccccc1Nc1ccnc(N2CCC(C(=O)NCC(F)F)CC2)n1. The van der Waals surface area contributed by atoms with Crippen molar-refractivity contribution < 1.29 is 18.3 Å². The molecule has 1 aromatic carbocycles. The van der Waals surface area contributed by atoms with E-state index in [4.69, 9.17) is 4.74 Å². The topological polar surface area (TPSA) is 79.4 Å². The molecular weight excluding hydrogens is 368 g/mol. The van der Waals surface area contributed by atoms with Crippen molar-refractivity contribution >= 4 is 23.4 Å². The fourth-order valence-electron chi connectivity index (χ4n) is 3.12. The predicted molar refractivity (Wildman–Crippen MR) is 102 cm³/mol. The molecule has 7 nitrogen and oxygen atoms in total. The Morgan fingerprint density at radius 1 is 1.29 bits per heavy atom. The molecule has 0 unspecified atom stereocenters. The molecule has 1 aliphatic rings. The Kier molecular flexibility index (Phi) is 6.57. The molecule has 0 bridgehead atoms. The predicted octanol–water partition coefficient (Wildman–Crippen LogP) is 2.83. The summed E-state index contributed by atoms with van der Waals surface area (Å²) >= 11 is 0. The van der Waals surface area contributed by atoms with Crippen LogP contribution < -0.4 is 20.3 Å². The summed E-state index contributed by atoms with van der Waals surface area (Å²) in [5.41, 5.74) is 0.795. The van der Waals surface area contributed by atoms with Crippen LogP contribution in [0, 0.1) is 5.92 Å². The van der Waals surface area contributed by atoms with Crippen LogP contribution in [0.4, 0.5) is 26.2 Å². The highest BCUT2D eigenvalue weighted by atomic mass is 19.3. The largest absolute Gasteiger partial charge is 0.495 e. The molecule has 9 heteroatoms. The number of nitrogens with one attached hydrogen (secondary N) is 2. The molecule has 1 fully saturated rings. The molecule has 28 heavy (non-hydrogen) atoms. The van der Waals surface area contributed by atoms with Gasteiger partial charge in [-0.05, 0) is 31.0 Å². The fraction of sp³-hybridized carbons (Fsp3) is 0.421. The van der Waals surface area contributed by atoms with E-state index < -0.39 is 13.0 Å². The quantitative estimate of drug-likeness (QED) is 0.756. The van der Waals surface area contributed by atoms with Crippen LogP contribution in [0.5, 0.6) is 5.75 Å². The van der Waals surface area contributed by atoms with E-state index in [1.54, 1.807) is 19.4 Å². The highest BCUT2D eigenvalue weighted by molar-refractivity contribution is 5.79. The number of benzene rings is 1. The fourth-order valence-corrected chi connectivity index (χ4v) is 3.12. The molecule has 1 aliphatic heterocycles. The minimum Gasteiger partial charge on any atom is -0.495 e. The van der Waals surface area contributed by atoms with Gasteiger partial charge in [-0.25, -0.2) is 13.8 Å². The monoisotopic (exact) mass is 391 g/mol. The van der Waals surface area contributed by atoms with Crippen LogP contribution in [-0.2, 0) is 4.79 Å². The van der Waals surface area contributed by atoms with Gasteiger partial charge in [0.25, 0.3) is 6.43 Å². The molecule has 150 valence electrons. The van der Waals surface area contributed by atoms with E-state index in [2.05, 4.69) is 20.6 Å². The summed E-state index contributed by atoms with van der Waals surface area (Å²) in [7, 11) is 1.60. The molecular formula is C19H23F2N5O2. The van der Waals surface area contributed by atoms with Crippen LogP contribution in [0.3, 0.4) is 0 Å². The molecule has 0 aliphatic carbocycles. The molecule has 2 heterocycles.